The summed E-state index contributed by atoms with van der Waals surface area (Å²) in [6, 6.07) is 5.07. The number of nitrogens with two attached hydrogens (primary N) is 2. The Bertz CT molecular complexity index is 479. The molecule has 0 saturated carbocycles. The first-order chi connectivity index (χ1) is 9.65. The van der Waals surface area contributed by atoms with E-state index in [1.54, 1.807) is 0 Å². The molecule has 1 amide bonds. The highest BCUT2D eigenvalue weighted by molar-refractivity contribution is 5.86. The van der Waals surface area contributed by atoms with Crippen LogP contribution in [0.2, 0.25) is 0 Å². The first-order valence-corrected chi connectivity index (χ1v) is 6.80. The maximum absolute atomic E-state index is 11.5. The quantitative estimate of drug-likeness (QED) is 0.776. The van der Waals surface area contributed by atoms with Crippen molar-refractivity contribution in [2.45, 2.75) is 19.4 Å². The van der Waals surface area contributed by atoms with Gasteiger partial charge in [0.1, 0.15) is 11.8 Å². The third kappa shape index (κ3) is 2.96. The number of morpholine rings is 1. The molecule has 1 atom stereocenters. The van der Waals surface area contributed by atoms with Crippen LogP contribution in [0.4, 0.5) is 11.4 Å². The zero-order valence-corrected chi connectivity index (χ0v) is 11.7. The van der Waals surface area contributed by atoms with Crippen molar-refractivity contribution < 1.29 is 14.3 Å². The summed E-state index contributed by atoms with van der Waals surface area (Å²) in [5, 5.41) is 0. The summed E-state index contributed by atoms with van der Waals surface area (Å²) in [6.45, 7) is 4.05. The SMILES string of the molecule is CCCOc1cccc(N2CCOCC2C(N)=O)c1N. The number of benzene rings is 1. The summed E-state index contributed by atoms with van der Waals surface area (Å²) < 4.78 is 10.9. The fourth-order valence-electron chi connectivity index (χ4n) is 2.25. The zero-order chi connectivity index (χ0) is 14.5. The number of anilines is 2. The van der Waals surface area contributed by atoms with E-state index < -0.39 is 11.9 Å². The average molecular weight is 279 g/mol. The van der Waals surface area contributed by atoms with Gasteiger partial charge in [-0.2, -0.15) is 0 Å². The molecule has 0 aromatic heterocycles. The highest BCUT2D eigenvalue weighted by Crippen LogP contribution is 2.34. The van der Waals surface area contributed by atoms with E-state index in [2.05, 4.69) is 0 Å². The van der Waals surface area contributed by atoms with Crippen molar-refractivity contribution in [3.63, 3.8) is 0 Å². The summed E-state index contributed by atoms with van der Waals surface area (Å²) in [6.07, 6.45) is 0.908. The van der Waals surface area contributed by atoms with Crippen LogP contribution < -0.4 is 21.1 Å². The number of nitrogen functional groups attached to an aromatic ring is 1. The van der Waals surface area contributed by atoms with Gasteiger partial charge in [-0.1, -0.05) is 13.0 Å². The number of nitrogens with zero attached hydrogens (tertiary/aromatic N) is 1. The lowest BCUT2D eigenvalue weighted by Gasteiger charge is -2.36. The predicted octanol–water partition coefficient (Wildman–Crippen LogP) is 0.748. The van der Waals surface area contributed by atoms with Gasteiger partial charge in [0.2, 0.25) is 5.91 Å². The molecule has 1 aliphatic heterocycles. The van der Waals surface area contributed by atoms with E-state index in [4.69, 9.17) is 20.9 Å². The molecule has 2 rings (SSSR count). The Hall–Kier alpha value is -1.95. The lowest BCUT2D eigenvalue weighted by molar-refractivity contribution is -0.121. The number of hydrogen-bond donors (Lipinski definition) is 2. The molecule has 1 aromatic carbocycles. The second-order valence-electron chi connectivity index (χ2n) is 4.72. The largest absolute Gasteiger partial charge is 0.491 e. The Morgan fingerprint density at radius 1 is 1.55 bits per heavy atom. The molecule has 6 heteroatoms. The van der Waals surface area contributed by atoms with Gasteiger partial charge in [0.05, 0.1) is 31.2 Å². The number of hydrogen-bond acceptors (Lipinski definition) is 5. The third-order valence-electron chi connectivity index (χ3n) is 3.27. The molecule has 1 aromatic rings. The van der Waals surface area contributed by atoms with Gasteiger partial charge in [-0.15, -0.1) is 0 Å². The number of rotatable bonds is 5. The predicted molar refractivity (Wildman–Crippen MR) is 77.8 cm³/mol. The van der Waals surface area contributed by atoms with Gasteiger partial charge in [0.15, 0.2) is 0 Å². The number of carbonyl (C=O) groups excluding carboxylic acids is 1. The van der Waals surface area contributed by atoms with E-state index in [0.29, 0.717) is 31.2 Å². The van der Waals surface area contributed by atoms with E-state index >= 15 is 0 Å². The van der Waals surface area contributed by atoms with Gasteiger partial charge < -0.3 is 25.8 Å². The van der Waals surface area contributed by atoms with Crippen LogP contribution in [0.25, 0.3) is 0 Å². The molecule has 1 saturated heterocycles. The van der Waals surface area contributed by atoms with E-state index in [9.17, 15) is 4.79 Å². The molecule has 0 aliphatic carbocycles. The Morgan fingerprint density at radius 3 is 3.05 bits per heavy atom. The molecule has 0 bridgehead atoms. The molecule has 110 valence electrons. The van der Waals surface area contributed by atoms with Crippen molar-refractivity contribution in [3.8, 4) is 5.75 Å². The fourth-order valence-corrected chi connectivity index (χ4v) is 2.25. The monoisotopic (exact) mass is 279 g/mol. The summed E-state index contributed by atoms with van der Waals surface area (Å²) in [5.74, 6) is 0.225. The Morgan fingerprint density at radius 2 is 2.35 bits per heavy atom. The third-order valence-corrected chi connectivity index (χ3v) is 3.27. The minimum absolute atomic E-state index is 0.287. The molecule has 1 aliphatic rings. The van der Waals surface area contributed by atoms with E-state index in [1.165, 1.54) is 0 Å². The van der Waals surface area contributed by atoms with Crippen LogP contribution in [-0.4, -0.2) is 38.3 Å². The van der Waals surface area contributed by atoms with Crippen LogP contribution >= 0.6 is 0 Å². The van der Waals surface area contributed by atoms with Gasteiger partial charge in [0.25, 0.3) is 0 Å². The number of amides is 1. The number of carbonyl (C=O) groups is 1. The zero-order valence-electron chi connectivity index (χ0n) is 11.7. The first-order valence-electron chi connectivity index (χ1n) is 6.80. The van der Waals surface area contributed by atoms with Crippen molar-refractivity contribution in [3.05, 3.63) is 18.2 Å². The minimum Gasteiger partial charge on any atom is -0.491 e. The molecule has 1 fully saturated rings. The van der Waals surface area contributed by atoms with Gasteiger partial charge in [-0.05, 0) is 18.6 Å². The minimum atomic E-state index is -0.493. The second kappa shape index (κ2) is 6.47. The molecule has 4 N–H and O–H groups in total. The van der Waals surface area contributed by atoms with Gasteiger partial charge in [-0.25, -0.2) is 0 Å². The highest BCUT2D eigenvalue weighted by Gasteiger charge is 2.29. The Labute approximate surface area is 118 Å². The number of primary amides is 1. The van der Waals surface area contributed by atoms with Crippen molar-refractivity contribution in [2.75, 3.05) is 37.0 Å². The topological polar surface area (TPSA) is 90.8 Å². The lowest BCUT2D eigenvalue weighted by Crippen LogP contribution is -2.52. The fraction of sp³-hybridized carbons (Fsp3) is 0.500. The highest BCUT2D eigenvalue weighted by atomic mass is 16.5. The summed E-state index contributed by atoms with van der Waals surface area (Å²) >= 11 is 0. The van der Waals surface area contributed by atoms with Crippen LogP contribution in [0.5, 0.6) is 5.75 Å². The smallest absolute Gasteiger partial charge is 0.242 e. The van der Waals surface area contributed by atoms with Crippen LogP contribution in [0, 0.1) is 0 Å². The molecule has 1 unspecified atom stereocenters. The van der Waals surface area contributed by atoms with Gasteiger partial charge in [-0.3, -0.25) is 4.79 Å². The molecule has 6 nitrogen and oxygen atoms in total. The molecular formula is C14H21N3O3. The first kappa shape index (κ1) is 14.5. The number of ether oxygens (including phenoxy) is 2. The van der Waals surface area contributed by atoms with Crippen LogP contribution in [0.1, 0.15) is 13.3 Å². The van der Waals surface area contributed by atoms with E-state index in [0.717, 1.165) is 12.1 Å². The molecule has 0 radical (unpaired) electrons. The molecule has 20 heavy (non-hydrogen) atoms. The van der Waals surface area contributed by atoms with Crippen molar-refractivity contribution in [1.29, 1.82) is 0 Å². The van der Waals surface area contributed by atoms with E-state index in [1.807, 2.05) is 30.0 Å². The standard InChI is InChI=1S/C14H21N3O3/c1-2-7-20-12-5-3-4-10(13(12)15)17-6-8-19-9-11(17)14(16)18/h3-5,11H,2,6-9,15H2,1H3,(H2,16,18). The average Bonchev–Trinajstić information content (AvgIpc) is 2.46. The lowest BCUT2D eigenvalue weighted by atomic mass is 10.1. The maximum atomic E-state index is 11.5. The van der Waals surface area contributed by atoms with Gasteiger partial charge >= 0.3 is 0 Å². The summed E-state index contributed by atoms with van der Waals surface area (Å²) in [5.41, 5.74) is 12.9. The van der Waals surface area contributed by atoms with Crippen molar-refractivity contribution in [1.82, 2.24) is 0 Å². The van der Waals surface area contributed by atoms with Crippen molar-refractivity contribution in [2.24, 2.45) is 5.73 Å². The van der Waals surface area contributed by atoms with Crippen LogP contribution in [-0.2, 0) is 9.53 Å². The van der Waals surface area contributed by atoms with Crippen molar-refractivity contribution >= 4 is 17.3 Å². The molecular weight excluding hydrogens is 258 g/mol. The Kier molecular flexibility index (Phi) is 4.68. The summed E-state index contributed by atoms with van der Waals surface area (Å²) in [4.78, 5) is 13.4. The Balaban J connectivity index is 2.28. The normalized spacial score (nSPS) is 18.9. The maximum Gasteiger partial charge on any atom is 0.242 e. The second-order valence-corrected chi connectivity index (χ2v) is 4.72. The number of para-hydroxylation sites is 1. The van der Waals surface area contributed by atoms with Crippen LogP contribution in [0.3, 0.4) is 0 Å². The van der Waals surface area contributed by atoms with Crippen LogP contribution in [0.15, 0.2) is 18.2 Å². The van der Waals surface area contributed by atoms with Gasteiger partial charge in [0, 0.05) is 6.54 Å². The van der Waals surface area contributed by atoms with E-state index in [-0.39, 0.29) is 6.61 Å². The molecule has 0 spiro atoms. The summed E-state index contributed by atoms with van der Waals surface area (Å²) in [7, 11) is 0. The molecule has 1 heterocycles.